The summed E-state index contributed by atoms with van der Waals surface area (Å²) in [4.78, 5) is 38.0. The molecule has 0 aromatic carbocycles. The highest BCUT2D eigenvalue weighted by atomic mass is 16.6. The van der Waals surface area contributed by atoms with E-state index >= 15 is 0 Å². The highest BCUT2D eigenvalue weighted by Gasteiger charge is 2.19. The van der Waals surface area contributed by atoms with E-state index in [1.807, 2.05) is 0 Å². The van der Waals surface area contributed by atoms with Crippen LogP contribution in [0.5, 0.6) is 0 Å². The Bertz CT molecular complexity index is 1380. The molecule has 0 rings (SSSR count). The summed E-state index contributed by atoms with van der Waals surface area (Å²) in [6, 6.07) is 0. The standard InChI is InChI=1S/C63H106O6/c1-4-7-10-13-16-19-22-24-25-26-27-28-29-30-31-32-33-34-35-36-37-38-39-40-42-44-47-50-53-56-62(65)68-59-60(58-67-61(64)55-52-49-46-43-21-18-15-12-9-6-3)69-63(66)57-54-51-48-45-41-23-20-17-14-11-8-5-2/h7,10,16-17,19-20,24-25,27-28,30-31,33-34,36-37,60H,4-6,8-9,11-15,18,21-23,26,29,32,35,38-59H2,1-3H3/b10-7-,19-16-,20-17-,25-24-,28-27-,31-30-,34-33-,37-36-. The summed E-state index contributed by atoms with van der Waals surface area (Å²) < 4.78 is 16.8. The van der Waals surface area contributed by atoms with Gasteiger partial charge >= 0.3 is 17.9 Å². The van der Waals surface area contributed by atoms with Gasteiger partial charge in [0.25, 0.3) is 0 Å². The van der Waals surface area contributed by atoms with Gasteiger partial charge in [-0.05, 0) is 103 Å². The first kappa shape index (κ1) is 65.3. The third-order valence-corrected chi connectivity index (χ3v) is 12.1. The van der Waals surface area contributed by atoms with E-state index in [4.69, 9.17) is 14.2 Å². The zero-order valence-electron chi connectivity index (χ0n) is 45.0. The number of carbonyl (C=O) groups excluding carboxylic acids is 3. The molecular formula is C63H106O6. The Kier molecular flexibility index (Phi) is 53.9. The Labute approximate surface area is 426 Å². The molecule has 0 fully saturated rings. The van der Waals surface area contributed by atoms with Gasteiger partial charge in [-0.1, -0.05) is 240 Å². The molecule has 0 aromatic heterocycles. The van der Waals surface area contributed by atoms with Crippen LogP contribution in [0.3, 0.4) is 0 Å². The predicted molar refractivity (Wildman–Crippen MR) is 297 cm³/mol. The minimum Gasteiger partial charge on any atom is -0.462 e. The number of hydrogen-bond acceptors (Lipinski definition) is 6. The average Bonchev–Trinajstić information content (AvgIpc) is 3.35. The minimum absolute atomic E-state index is 0.0825. The van der Waals surface area contributed by atoms with Gasteiger partial charge in [-0.3, -0.25) is 14.4 Å². The monoisotopic (exact) mass is 959 g/mol. The second-order valence-electron chi connectivity index (χ2n) is 18.8. The molecular weight excluding hydrogens is 853 g/mol. The smallest absolute Gasteiger partial charge is 0.306 e. The molecule has 0 saturated heterocycles. The lowest BCUT2D eigenvalue weighted by atomic mass is 10.1. The van der Waals surface area contributed by atoms with Gasteiger partial charge in [-0.15, -0.1) is 0 Å². The van der Waals surface area contributed by atoms with Crippen molar-refractivity contribution in [2.24, 2.45) is 0 Å². The van der Waals surface area contributed by atoms with E-state index in [2.05, 4.69) is 118 Å². The molecule has 6 heteroatoms. The van der Waals surface area contributed by atoms with Crippen molar-refractivity contribution in [2.45, 2.75) is 271 Å². The SMILES string of the molecule is CC/C=C\C/C=C\C/C=C\C/C=C\C/C=C\C/C=C\C/C=C\CCCCCCCCCC(=O)OCC(COC(=O)CCCCCCCCCCCC)OC(=O)CCCCCCC/C=C\CCCCC. The summed E-state index contributed by atoms with van der Waals surface area (Å²) in [7, 11) is 0. The predicted octanol–water partition coefficient (Wildman–Crippen LogP) is 19.3. The second-order valence-corrected chi connectivity index (χ2v) is 18.8. The molecule has 0 aromatic rings. The Morgan fingerprint density at radius 1 is 0.304 bits per heavy atom. The molecule has 0 radical (unpaired) electrons. The van der Waals surface area contributed by atoms with Crippen LogP contribution < -0.4 is 0 Å². The summed E-state index contributed by atoms with van der Waals surface area (Å²) in [5.41, 5.74) is 0. The van der Waals surface area contributed by atoms with E-state index in [0.717, 1.165) is 122 Å². The fourth-order valence-electron chi connectivity index (χ4n) is 7.77. The molecule has 0 aliphatic carbocycles. The Morgan fingerprint density at radius 3 is 0.928 bits per heavy atom. The van der Waals surface area contributed by atoms with Gasteiger partial charge in [0, 0.05) is 19.3 Å². The van der Waals surface area contributed by atoms with Crippen molar-refractivity contribution in [2.75, 3.05) is 13.2 Å². The van der Waals surface area contributed by atoms with Gasteiger partial charge in [0.2, 0.25) is 0 Å². The van der Waals surface area contributed by atoms with Crippen LogP contribution in [0, 0.1) is 0 Å². The van der Waals surface area contributed by atoms with Crippen molar-refractivity contribution in [3.8, 4) is 0 Å². The molecule has 0 spiro atoms. The van der Waals surface area contributed by atoms with Gasteiger partial charge in [-0.25, -0.2) is 0 Å². The molecule has 0 saturated carbocycles. The van der Waals surface area contributed by atoms with Crippen molar-refractivity contribution < 1.29 is 28.6 Å². The van der Waals surface area contributed by atoms with Gasteiger partial charge in [0.15, 0.2) is 6.10 Å². The highest BCUT2D eigenvalue weighted by molar-refractivity contribution is 5.71. The van der Waals surface area contributed by atoms with Crippen LogP contribution in [0.15, 0.2) is 97.2 Å². The second kappa shape index (κ2) is 56.9. The van der Waals surface area contributed by atoms with E-state index in [1.54, 1.807) is 0 Å². The molecule has 0 N–H and O–H groups in total. The first-order valence-corrected chi connectivity index (χ1v) is 28.7. The molecule has 0 heterocycles. The normalized spacial score (nSPS) is 12.8. The lowest BCUT2D eigenvalue weighted by molar-refractivity contribution is -0.167. The van der Waals surface area contributed by atoms with Crippen molar-refractivity contribution >= 4 is 17.9 Å². The maximum atomic E-state index is 12.8. The molecule has 6 nitrogen and oxygen atoms in total. The number of ether oxygens (including phenoxy) is 3. The minimum atomic E-state index is -0.784. The Morgan fingerprint density at radius 2 is 0.565 bits per heavy atom. The quantitative estimate of drug-likeness (QED) is 0.0262. The first-order valence-electron chi connectivity index (χ1n) is 28.7. The Hall–Kier alpha value is -3.67. The van der Waals surface area contributed by atoms with Crippen molar-refractivity contribution in [3.05, 3.63) is 97.2 Å². The summed E-state index contributed by atoms with van der Waals surface area (Å²) in [5.74, 6) is -0.904. The highest BCUT2D eigenvalue weighted by Crippen LogP contribution is 2.15. The Balaban J connectivity index is 4.23. The lowest BCUT2D eigenvalue weighted by Gasteiger charge is -2.18. The van der Waals surface area contributed by atoms with Gasteiger partial charge in [-0.2, -0.15) is 0 Å². The van der Waals surface area contributed by atoms with Crippen LogP contribution in [-0.4, -0.2) is 37.2 Å². The third-order valence-electron chi connectivity index (χ3n) is 12.1. The van der Waals surface area contributed by atoms with E-state index in [1.165, 1.54) is 103 Å². The maximum Gasteiger partial charge on any atom is 0.306 e. The number of rotatable bonds is 51. The van der Waals surface area contributed by atoms with Gasteiger partial charge in [0.1, 0.15) is 13.2 Å². The zero-order chi connectivity index (χ0) is 50.0. The number of allylic oxidation sites excluding steroid dienone is 16. The van der Waals surface area contributed by atoms with Crippen molar-refractivity contribution in [3.63, 3.8) is 0 Å². The number of unbranched alkanes of at least 4 members (excludes halogenated alkanes) is 24. The van der Waals surface area contributed by atoms with E-state index < -0.39 is 6.10 Å². The van der Waals surface area contributed by atoms with Crippen LogP contribution in [0.2, 0.25) is 0 Å². The number of carbonyl (C=O) groups is 3. The topological polar surface area (TPSA) is 78.9 Å². The van der Waals surface area contributed by atoms with E-state index in [0.29, 0.717) is 19.3 Å². The average molecular weight is 960 g/mol. The summed E-state index contributed by atoms with van der Waals surface area (Å²) >= 11 is 0. The van der Waals surface area contributed by atoms with Crippen LogP contribution in [0.25, 0.3) is 0 Å². The van der Waals surface area contributed by atoms with Crippen LogP contribution >= 0.6 is 0 Å². The largest absolute Gasteiger partial charge is 0.462 e. The number of hydrogen-bond donors (Lipinski definition) is 0. The number of esters is 3. The molecule has 0 amide bonds. The fourth-order valence-corrected chi connectivity index (χ4v) is 7.77. The first-order chi connectivity index (χ1) is 34.0. The summed E-state index contributed by atoms with van der Waals surface area (Å²) in [6.45, 7) is 6.47. The zero-order valence-corrected chi connectivity index (χ0v) is 45.0. The fraction of sp³-hybridized carbons (Fsp3) is 0.698. The molecule has 0 aliphatic heterocycles. The van der Waals surface area contributed by atoms with Crippen LogP contribution in [0.4, 0.5) is 0 Å². The summed E-state index contributed by atoms with van der Waals surface area (Å²) in [6.07, 6.45) is 75.5. The van der Waals surface area contributed by atoms with Crippen molar-refractivity contribution in [1.29, 1.82) is 0 Å². The summed E-state index contributed by atoms with van der Waals surface area (Å²) in [5, 5.41) is 0. The van der Waals surface area contributed by atoms with Crippen LogP contribution in [-0.2, 0) is 28.6 Å². The third kappa shape index (κ3) is 55.1. The molecule has 69 heavy (non-hydrogen) atoms. The molecule has 0 bridgehead atoms. The van der Waals surface area contributed by atoms with E-state index in [-0.39, 0.29) is 31.1 Å². The molecule has 1 atom stereocenters. The van der Waals surface area contributed by atoms with Gasteiger partial charge in [0.05, 0.1) is 0 Å². The van der Waals surface area contributed by atoms with Crippen LogP contribution in [0.1, 0.15) is 265 Å². The maximum absolute atomic E-state index is 12.8. The molecule has 394 valence electrons. The molecule has 1 unspecified atom stereocenters. The van der Waals surface area contributed by atoms with Gasteiger partial charge < -0.3 is 14.2 Å². The van der Waals surface area contributed by atoms with Crippen molar-refractivity contribution in [1.82, 2.24) is 0 Å². The lowest BCUT2D eigenvalue weighted by Crippen LogP contribution is -2.30. The van der Waals surface area contributed by atoms with E-state index in [9.17, 15) is 14.4 Å². The molecule has 0 aliphatic rings.